The van der Waals surface area contributed by atoms with Gasteiger partial charge in [0.05, 0.1) is 5.57 Å². The van der Waals surface area contributed by atoms with Gasteiger partial charge in [-0.25, -0.2) is 9.18 Å². The molecule has 0 saturated carbocycles. The highest BCUT2D eigenvalue weighted by molar-refractivity contribution is 6.44. The maximum atomic E-state index is 14.0. The van der Waals surface area contributed by atoms with E-state index < -0.39 is 29.4 Å². The predicted molar refractivity (Wildman–Crippen MR) is 81.2 cm³/mol. The number of hydrogen-bond donors (Lipinski definition) is 1. The van der Waals surface area contributed by atoms with Crippen LogP contribution in [0.15, 0.2) is 54.1 Å². The van der Waals surface area contributed by atoms with E-state index in [-0.39, 0.29) is 16.7 Å². The number of Topliss-reactive ketones (excluding diaryl/α,β-unsaturated/α-hetero) is 1. The molecule has 23 heavy (non-hydrogen) atoms. The number of rotatable bonds is 2. The van der Waals surface area contributed by atoms with Crippen molar-refractivity contribution in [1.82, 2.24) is 0 Å². The Kier molecular flexibility index (Phi) is 3.88. The Morgan fingerprint density at radius 3 is 2.39 bits per heavy atom. The highest BCUT2D eigenvalue weighted by Gasteiger charge is 2.43. The quantitative estimate of drug-likeness (QED) is 0.395. The van der Waals surface area contributed by atoms with E-state index in [1.807, 2.05) is 0 Å². The van der Waals surface area contributed by atoms with Gasteiger partial charge in [-0.15, -0.1) is 0 Å². The van der Waals surface area contributed by atoms with Crippen LogP contribution in [0.4, 0.5) is 4.39 Å². The van der Waals surface area contributed by atoms with Gasteiger partial charge in [0.1, 0.15) is 11.6 Å². The van der Waals surface area contributed by atoms with Gasteiger partial charge in [-0.3, -0.25) is 4.79 Å². The largest absolute Gasteiger partial charge is 0.507 e. The van der Waals surface area contributed by atoms with Crippen LogP contribution in [0.2, 0.25) is 5.02 Å². The maximum absolute atomic E-state index is 14.0. The van der Waals surface area contributed by atoms with Crippen molar-refractivity contribution in [1.29, 1.82) is 0 Å². The zero-order valence-electron chi connectivity index (χ0n) is 11.6. The Morgan fingerprint density at radius 1 is 1.09 bits per heavy atom. The molecule has 1 atom stereocenters. The van der Waals surface area contributed by atoms with Gasteiger partial charge in [0, 0.05) is 16.1 Å². The summed E-state index contributed by atoms with van der Waals surface area (Å²) >= 11 is 5.78. The molecule has 1 aliphatic rings. The van der Waals surface area contributed by atoms with Crippen LogP contribution in [0.25, 0.3) is 5.76 Å². The summed E-state index contributed by atoms with van der Waals surface area (Å²) < 4.78 is 18.9. The number of carbonyl (C=O) groups is 2. The maximum Gasteiger partial charge on any atom is 0.380 e. The van der Waals surface area contributed by atoms with E-state index in [0.29, 0.717) is 5.02 Å². The lowest BCUT2D eigenvalue weighted by atomic mass is 9.96. The summed E-state index contributed by atoms with van der Waals surface area (Å²) in [6.07, 6.45) is -1.29. The molecule has 0 bridgehead atoms. The molecule has 0 spiro atoms. The standard InChI is InChI=1S/C17H10ClFO4/c18-10-7-5-9(6-8-10)14(20)13-15(21)17(22)23-16(13)11-3-1-2-4-12(11)19/h1-8,16,20H/t16-/m0/s1. The number of halogens is 2. The Hall–Kier alpha value is -2.66. The van der Waals surface area contributed by atoms with Crippen LogP contribution >= 0.6 is 11.6 Å². The van der Waals surface area contributed by atoms with E-state index in [0.717, 1.165) is 0 Å². The number of benzene rings is 2. The van der Waals surface area contributed by atoms with E-state index in [2.05, 4.69) is 0 Å². The third kappa shape index (κ3) is 2.71. The molecule has 4 nitrogen and oxygen atoms in total. The molecular formula is C17H10ClFO4. The average molecular weight is 333 g/mol. The molecule has 1 heterocycles. The monoisotopic (exact) mass is 332 g/mol. The van der Waals surface area contributed by atoms with Crippen molar-refractivity contribution in [2.75, 3.05) is 0 Å². The Bertz CT molecular complexity index is 827. The summed E-state index contributed by atoms with van der Waals surface area (Å²) in [5, 5.41) is 10.8. The molecule has 0 unspecified atom stereocenters. The number of hydrogen-bond acceptors (Lipinski definition) is 4. The van der Waals surface area contributed by atoms with E-state index in [4.69, 9.17) is 16.3 Å². The zero-order chi connectivity index (χ0) is 16.6. The molecule has 0 radical (unpaired) electrons. The molecular weight excluding hydrogens is 323 g/mol. The summed E-state index contributed by atoms with van der Waals surface area (Å²) in [4.78, 5) is 23.6. The van der Waals surface area contributed by atoms with Crippen LogP contribution in [0.1, 0.15) is 17.2 Å². The SMILES string of the molecule is O=C1O[C@@H](c2ccccc2F)C(=C(O)c2ccc(Cl)cc2)C1=O. The van der Waals surface area contributed by atoms with Crippen molar-refractivity contribution in [2.45, 2.75) is 6.10 Å². The first-order valence-corrected chi connectivity index (χ1v) is 7.05. The van der Waals surface area contributed by atoms with Gasteiger partial charge in [-0.1, -0.05) is 29.8 Å². The minimum absolute atomic E-state index is 0.00205. The van der Waals surface area contributed by atoms with Gasteiger partial charge in [0.2, 0.25) is 0 Å². The van der Waals surface area contributed by atoms with Crippen LogP contribution in [0, 0.1) is 5.82 Å². The first-order chi connectivity index (χ1) is 11.0. The molecule has 3 rings (SSSR count). The Morgan fingerprint density at radius 2 is 1.74 bits per heavy atom. The molecule has 2 aromatic rings. The molecule has 1 aliphatic heterocycles. The predicted octanol–water partition coefficient (Wildman–Crippen LogP) is 3.62. The number of carbonyl (C=O) groups excluding carboxylic acids is 2. The summed E-state index contributed by atoms with van der Waals surface area (Å²) in [5.41, 5.74) is -0.0120. The topological polar surface area (TPSA) is 63.6 Å². The number of aliphatic hydroxyl groups is 1. The lowest BCUT2D eigenvalue weighted by molar-refractivity contribution is -0.149. The molecule has 1 N–H and O–H groups in total. The lowest BCUT2D eigenvalue weighted by Gasteiger charge is -2.13. The summed E-state index contributed by atoms with van der Waals surface area (Å²) in [5.74, 6) is -3.20. The minimum atomic E-state index is -1.29. The zero-order valence-corrected chi connectivity index (χ0v) is 12.4. The summed E-state index contributed by atoms with van der Waals surface area (Å²) in [6, 6.07) is 11.6. The third-order valence-electron chi connectivity index (χ3n) is 3.48. The van der Waals surface area contributed by atoms with Crippen LogP contribution in [0.3, 0.4) is 0 Å². The molecule has 0 amide bonds. The minimum Gasteiger partial charge on any atom is -0.507 e. The van der Waals surface area contributed by atoms with Gasteiger partial charge in [0.15, 0.2) is 6.10 Å². The van der Waals surface area contributed by atoms with Crippen LogP contribution in [0.5, 0.6) is 0 Å². The van der Waals surface area contributed by atoms with Crippen LogP contribution < -0.4 is 0 Å². The number of ketones is 1. The van der Waals surface area contributed by atoms with Crippen molar-refractivity contribution >= 4 is 29.1 Å². The van der Waals surface area contributed by atoms with Crippen LogP contribution in [-0.4, -0.2) is 16.9 Å². The highest BCUT2D eigenvalue weighted by atomic mass is 35.5. The molecule has 0 aromatic heterocycles. The van der Waals surface area contributed by atoms with E-state index in [1.54, 1.807) is 6.07 Å². The van der Waals surface area contributed by atoms with Gasteiger partial charge in [-0.05, 0) is 30.3 Å². The fourth-order valence-corrected chi connectivity index (χ4v) is 2.48. The third-order valence-corrected chi connectivity index (χ3v) is 3.73. The van der Waals surface area contributed by atoms with Gasteiger partial charge in [0.25, 0.3) is 5.78 Å². The fraction of sp³-hybridized carbons (Fsp3) is 0.0588. The second kappa shape index (κ2) is 5.85. The fourth-order valence-electron chi connectivity index (χ4n) is 2.35. The second-order valence-electron chi connectivity index (χ2n) is 4.91. The lowest BCUT2D eigenvalue weighted by Crippen LogP contribution is -2.08. The van der Waals surface area contributed by atoms with Gasteiger partial charge < -0.3 is 9.84 Å². The molecule has 1 saturated heterocycles. The summed E-state index contributed by atoms with van der Waals surface area (Å²) in [7, 11) is 0. The molecule has 2 aromatic carbocycles. The van der Waals surface area contributed by atoms with Crippen molar-refractivity contribution in [2.24, 2.45) is 0 Å². The van der Waals surface area contributed by atoms with Crippen molar-refractivity contribution in [3.05, 3.63) is 76.1 Å². The summed E-state index contributed by atoms with van der Waals surface area (Å²) in [6.45, 7) is 0. The number of cyclic esters (lactones) is 1. The average Bonchev–Trinajstić information content (AvgIpc) is 2.83. The smallest absolute Gasteiger partial charge is 0.380 e. The number of aliphatic hydroxyl groups excluding tert-OH is 1. The van der Waals surface area contributed by atoms with Crippen LogP contribution in [-0.2, 0) is 14.3 Å². The van der Waals surface area contributed by atoms with Crippen molar-refractivity contribution in [3.8, 4) is 0 Å². The van der Waals surface area contributed by atoms with Crippen molar-refractivity contribution < 1.29 is 23.8 Å². The first-order valence-electron chi connectivity index (χ1n) is 6.68. The van der Waals surface area contributed by atoms with E-state index in [9.17, 15) is 19.1 Å². The highest BCUT2D eigenvalue weighted by Crippen LogP contribution is 2.37. The number of ether oxygens (including phenoxy) is 1. The Balaban J connectivity index is 2.15. The normalized spacial score (nSPS) is 19.7. The molecule has 1 fully saturated rings. The van der Waals surface area contributed by atoms with E-state index in [1.165, 1.54) is 42.5 Å². The Labute approximate surface area is 135 Å². The van der Waals surface area contributed by atoms with Gasteiger partial charge in [-0.2, -0.15) is 0 Å². The van der Waals surface area contributed by atoms with Crippen molar-refractivity contribution in [3.63, 3.8) is 0 Å². The van der Waals surface area contributed by atoms with Gasteiger partial charge >= 0.3 is 5.97 Å². The number of esters is 1. The second-order valence-corrected chi connectivity index (χ2v) is 5.34. The molecule has 6 heteroatoms. The molecule has 0 aliphatic carbocycles. The van der Waals surface area contributed by atoms with E-state index >= 15 is 0 Å². The molecule has 116 valence electrons. The first kappa shape index (κ1) is 15.2.